The van der Waals surface area contributed by atoms with Crippen molar-refractivity contribution in [3.05, 3.63) is 29.8 Å². The van der Waals surface area contributed by atoms with Gasteiger partial charge in [0.15, 0.2) is 5.96 Å². The Bertz CT molecular complexity index is 376. The highest BCUT2D eigenvalue weighted by atomic mass is 16.3. The molecule has 1 aliphatic rings. The van der Waals surface area contributed by atoms with Gasteiger partial charge in [-0.25, -0.2) is 0 Å². The van der Waals surface area contributed by atoms with Gasteiger partial charge < -0.3 is 15.7 Å². The average molecular weight is 219 g/mol. The van der Waals surface area contributed by atoms with Gasteiger partial charge in [0.2, 0.25) is 0 Å². The third kappa shape index (κ3) is 2.89. The van der Waals surface area contributed by atoms with E-state index < -0.39 is 0 Å². The lowest BCUT2D eigenvalue weighted by molar-refractivity contribution is 0.467. The van der Waals surface area contributed by atoms with Crippen molar-refractivity contribution in [1.29, 1.82) is 0 Å². The molecule has 86 valence electrons. The van der Waals surface area contributed by atoms with Crippen LogP contribution >= 0.6 is 0 Å². The molecule has 0 amide bonds. The number of phenolic OH excluding ortho intramolecular Hbond substituents is 1. The van der Waals surface area contributed by atoms with E-state index >= 15 is 0 Å². The summed E-state index contributed by atoms with van der Waals surface area (Å²) in [7, 11) is 0. The van der Waals surface area contributed by atoms with Crippen LogP contribution in [0.4, 0.5) is 0 Å². The van der Waals surface area contributed by atoms with Crippen molar-refractivity contribution >= 4 is 5.96 Å². The SMILES string of the molecule is Oc1ccccc1CCNC1=NCCCN1. The molecule has 1 aliphatic heterocycles. The fourth-order valence-corrected chi connectivity index (χ4v) is 1.69. The maximum atomic E-state index is 9.57. The van der Waals surface area contributed by atoms with Gasteiger partial charge in [-0.15, -0.1) is 0 Å². The van der Waals surface area contributed by atoms with Crippen molar-refractivity contribution < 1.29 is 5.11 Å². The van der Waals surface area contributed by atoms with Gasteiger partial charge in [-0.05, 0) is 24.5 Å². The van der Waals surface area contributed by atoms with Gasteiger partial charge in [0.25, 0.3) is 0 Å². The standard InChI is InChI=1S/C12H17N3O/c16-11-5-2-1-4-10(11)6-9-15-12-13-7-3-8-14-12/h1-2,4-5,16H,3,6-9H2,(H2,13,14,15). The molecular weight excluding hydrogens is 202 g/mol. The Balaban J connectivity index is 1.80. The summed E-state index contributed by atoms with van der Waals surface area (Å²) in [6, 6.07) is 7.42. The third-order valence-corrected chi connectivity index (χ3v) is 2.58. The molecule has 16 heavy (non-hydrogen) atoms. The Morgan fingerprint density at radius 2 is 2.25 bits per heavy atom. The summed E-state index contributed by atoms with van der Waals surface area (Å²) in [5.74, 6) is 1.24. The van der Waals surface area contributed by atoms with Crippen molar-refractivity contribution in [1.82, 2.24) is 10.6 Å². The van der Waals surface area contributed by atoms with Gasteiger partial charge >= 0.3 is 0 Å². The third-order valence-electron chi connectivity index (χ3n) is 2.58. The summed E-state index contributed by atoms with van der Waals surface area (Å²) in [5.41, 5.74) is 0.964. The molecule has 1 aromatic carbocycles. The van der Waals surface area contributed by atoms with Crippen molar-refractivity contribution in [2.45, 2.75) is 12.8 Å². The number of hydrogen-bond acceptors (Lipinski definition) is 4. The number of rotatable bonds is 3. The number of para-hydroxylation sites is 1. The van der Waals surface area contributed by atoms with Crippen molar-refractivity contribution in [3.63, 3.8) is 0 Å². The Labute approximate surface area is 95.4 Å². The Morgan fingerprint density at radius 3 is 3.00 bits per heavy atom. The van der Waals surface area contributed by atoms with Crippen molar-refractivity contribution in [2.24, 2.45) is 4.99 Å². The molecule has 0 bridgehead atoms. The molecule has 2 rings (SSSR count). The molecule has 0 radical (unpaired) electrons. The Kier molecular flexibility index (Phi) is 3.64. The van der Waals surface area contributed by atoms with E-state index in [-0.39, 0.29) is 0 Å². The van der Waals surface area contributed by atoms with Gasteiger partial charge in [0, 0.05) is 19.6 Å². The zero-order valence-electron chi connectivity index (χ0n) is 9.24. The van der Waals surface area contributed by atoms with Crippen LogP contribution in [-0.4, -0.2) is 30.7 Å². The van der Waals surface area contributed by atoms with Crippen molar-refractivity contribution in [3.8, 4) is 5.75 Å². The number of phenols is 1. The average Bonchev–Trinajstić information content (AvgIpc) is 2.33. The molecule has 1 aromatic rings. The predicted octanol–water partition coefficient (Wildman–Crippen LogP) is 0.874. The van der Waals surface area contributed by atoms with Gasteiger partial charge in [-0.3, -0.25) is 4.99 Å². The summed E-state index contributed by atoms with van der Waals surface area (Å²) >= 11 is 0. The monoisotopic (exact) mass is 219 g/mol. The second kappa shape index (κ2) is 5.39. The zero-order chi connectivity index (χ0) is 11.2. The highest BCUT2D eigenvalue weighted by Gasteiger charge is 2.03. The van der Waals surface area contributed by atoms with Gasteiger partial charge in [-0.2, -0.15) is 0 Å². The molecule has 0 fully saturated rings. The summed E-state index contributed by atoms with van der Waals surface area (Å²) in [5, 5.41) is 16.0. The fourth-order valence-electron chi connectivity index (χ4n) is 1.69. The normalized spacial score (nSPS) is 15.1. The van der Waals surface area contributed by atoms with E-state index in [0.29, 0.717) is 5.75 Å². The number of aliphatic imine (C=N–C) groups is 1. The van der Waals surface area contributed by atoms with E-state index in [9.17, 15) is 5.11 Å². The van der Waals surface area contributed by atoms with Crippen LogP contribution in [-0.2, 0) is 6.42 Å². The molecule has 4 nitrogen and oxygen atoms in total. The van der Waals surface area contributed by atoms with Crippen LogP contribution in [0.15, 0.2) is 29.3 Å². The van der Waals surface area contributed by atoms with Gasteiger partial charge in [0.1, 0.15) is 5.75 Å². The summed E-state index contributed by atoms with van der Waals surface area (Å²) in [6.07, 6.45) is 1.90. The van der Waals surface area contributed by atoms with Gasteiger partial charge in [-0.1, -0.05) is 18.2 Å². The number of nitrogens with one attached hydrogen (secondary N) is 2. The van der Waals surface area contributed by atoms with E-state index in [4.69, 9.17) is 0 Å². The smallest absolute Gasteiger partial charge is 0.191 e. The number of hydrogen-bond donors (Lipinski definition) is 3. The molecule has 0 unspecified atom stereocenters. The number of aromatic hydroxyl groups is 1. The van der Waals surface area contributed by atoms with Crippen LogP contribution in [0.25, 0.3) is 0 Å². The van der Waals surface area contributed by atoms with E-state index in [2.05, 4.69) is 15.6 Å². The predicted molar refractivity (Wildman–Crippen MR) is 64.7 cm³/mol. The second-order valence-corrected chi connectivity index (χ2v) is 3.82. The van der Waals surface area contributed by atoms with Crippen molar-refractivity contribution in [2.75, 3.05) is 19.6 Å². The first-order valence-electron chi connectivity index (χ1n) is 5.65. The molecule has 0 aromatic heterocycles. The number of benzene rings is 1. The minimum Gasteiger partial charge on any atom is -0.508 e. The van der Waals surface area contributed by atoms with Crippen LogP contribution in [0.1, 0.15) is 12.0 Å². The Morgan fingerprint density at radius 1 is 1.38 bits per heavy atom. The molecule has 1 heterocycles. The Hall–Kier alpha value is -1.71. The van der Waals surface area contributed by atoms with Gasteiger partial charge in [0.05, 0.1) is 0 Å². The first-order valence-corrected chi connectivity index (χ1v) is 5.65. The molecule has 0 saturated carbocycles. The maximum Gasteiger partial charge on any atom is 0.191 e. The first-order chi connectivity index (χ1) is 7.86. The lowest BCUT2D eigenvalue weighted by Gasteiger charge is -2.16. The molecular formula is C12H17N3O. The van der Waals surface area contributed by atoms with Crippen LogP contribution in [0.2, 0.25) is 0 Å². The topological polar surface area (TPSA) is 56.6 Å². The van der Waals surface area contributed by atoms with Crippen LogP contribution in [0.3, 0.4) is 0 Å². The molecule has 0 spiro atoms. The van der Waals surface area contributed by atoms with E-state index in [1.54, 1.807) is 6.07 Å². The molecule has 4 heteroatoms. The fraction of sp³-hybridized carbons (Fsp3) is 0.417. The van der Waals surface area contributed by atoms with Crippen LogP contribution in [0, 0.1) is 0 Å². The molecule has 3 N–H and O–H groups in total. The minimum absolute atomic E-state index is 0.364. The first kappa shape index (κ1) is 10.8. The number of nitrogens with zero attached hydrogens (tertiary/aromatic N) is 1. The second-order valence-electron chi connectivity index (χ2n) is 3.82. The summed E-state index contributed by atoms with van der Waals surface area (Å²) < 4.78 is 0. The molecule has 0 saturated heterocycles. The van der Waals surface area contributed by atoms with E-state index in [1.165, 1.54) is 0 Å². The lowest BCUT2D eigenvalue weighted by Crippen LogP contribution is -2.41. The lowest BCUT2D eigenvalue weighted by atomic mass is 10.1. The summed E-state index contributed by atoms with van der Waals surface area (Å²) in [6.45, 7) is 2.66. The molecule has 0 atom stereocenters. The van der Waals surface area contributed by atoms with Crippen LogP contribution in [0.5, 0.6) is 5.75 Å². The highest BCUT2D eigenvalue weighted by molar-refractivity contribution is 5.80. The van der Waals surface area contributed by atoms with E-state index in [1.807, 2.05) is 18.2 Å². The maximum absolute atomic E-state index is 9.57. The van der Waals surface area contributed by atoms with Crippen LogP contribution < -0.4 is 10.6 Å². The van der Waals surface area contributed by atoms with E-state index in [0.717, 1.165) is 44.0 Å². The summed E-state index contributed by atoms with van der Waals surface area (Å²) in [4.78, 5) is 4.31. The zero-order valence-corrected chi connectivity index (χ0v) is 9.24. The minimum atomic E-state index is 0.364. The number of guanidine groups is 1. The largest absolute Gasteiger partial charge is 0.508 e. The molecule has 0 aliphatic carbocycles. The quantitative estimate of drug-likeness (QED) is 0.707. The highest BCUT2D eigenvalue weighted by Crippen LogP contribution is 2.15.